The third-order valence-electron chi connectivity index (χ3n) is 13.0. The second kappa shape index (κ2) is 24.6. The van der Waals surface area contributed by atoms with Gasteiger partial charge >= 0.3 is 0 Å². The quantitative estimate of drug-likeness (QED) is 0.0467. The van der Waals surface area contributed by atoms with E-state index in [-0.39, 0.29) is 55.5 Å². The van der Waals surface area contributed by atoms with Crippen molar-refractivity contribution in [3.05, 3.63) is 92.8 Å². The molecule has 17 nitrogen and oxygen atoms in total. The number of nitrogens with one attached hydrogen (secondary N) is 4. The molecular formula is C52H66ClN11O6S2. The van der Waals surface area contributed by atoms with Gasteiger partial charge < -0.3 is 41.1 Å². The second-order valence-electron chi connectivity index (χ2n) is 19.6. The molecule has 2 fully saturated rings. The van der Waals surface area contributed by atoms with E-state index < -0.39 is 23.6 Å². The molecule has 5 amide bonds. The smallest absolute Gasteiger partial charge is 0.267 e. The monoisotopic (exact) mass is 1040 g/mol. The van der Waals surface area contributed by atoms with Crippen molar-refractivity contribution in [1.29, 1.82) is 0 Å². The van der Waals surface area contributed by atoms with Gasteiger partial charge in [0.1, 0.15) is 34.4 Å². The molecule has 2 aliphatic rings. The number of carbonyl (C=O) groups is 5. The summed E-state index contributed by atoms with van der Waals surface area (Å²) in [5.41, 5.74) is 5.53. The highest BCUT2D eigenvalue weighted by atomic mass is 35.5. The van der Waals surface area contributed by atoms with Crippen molar-refractivity contribution in [2.75, 3.05) is 48.3 Å². The van der Waals surface area contributed by atoms with E-state index in [9.17, 15) is 29.1 Å². The average molecular weight is 1040 g/mol. The number of amides is 5. The third-order valence-corrected chi connectivity index (χ3v) is 15.2. The zero-order valence-electron chi connectivity index (χ0n) is 41.9. The summed E-state index contributed by atoms with van der Waals surface area (Å²) >= 11 is 9.08. The fraction of sp³-hybridized carbons (Fsp3) is 0.481. The molecule has 0 bridgehead atoms. The van der Waals surface area contributed by atoms with Crippen LogP contribution in [0.25, 0.3) is 10.4 Å². The maximum Gasteiger partial charge on any atom is 0.267 e. The first-order valence-corrected chi connectivity index (χ1v) is 26.7. The van der Waals surface area contributed by atoms with Crippen molar-refractivity contribution in [2.45, 2.75) is 124 Å². The van der Waals surface area contributed by atoms with Crippen LogP contribution in [0.4, 0.5) is 22.5 Å². The topological polar surface area (TPSA) is 215 Å². The van der Waals surface area contributed by atoms with Crippen LogP contribution in [0.3, 0.4) is 0 Å². The molecule has 2 saturated heterocycles. The highest BCUT2D eigenvalue weighted by molar-refractivity contribution is 7.17. The molecule has 3 unspecified atom stereocenters. The summed E-state index contributed by atoms with van der Waals surface area (Å²) in [5.74, 6) is 0.766. The van der Waals surface area contributed by atoms with Gasteiger partial charge in [0.05, 0.1) is 39.1 Å². The summed E-state index contributed by atoms with van der Waals surface area (Å²) in [6, 6.07) is 13.5. The van der Waals surface area contributed by atoms with Gasteiger partial charge in [-0.25, -0.2) is 19.9 Å². The number of anilines is 4. The minimum Gasteiger partial charge on any atom is -0.391 e. The number of halogens is 1. The first kappa shape index (κ1) is 53.8. The lowest BCUT2D eigenvalue weighted by Gasteiger charge is -2.35. The average Bonchev–Trinajstić information content (AvgIpc) is 4.11. The lowest BCUT2D eigenvalue weighted by atomic mass is 9.85. The summed E-state index contributed by atoms with van der Waals surface area (Å²) in [4.78, 5) is 91.8. The van der Waals surface area contributed by atoms with Crippen molar-refractivity contribution < 1.29 is 29.1 Å². The van der Waals surface area contributed by atoms with E-state index in [2.05, 4.69) is 46.1 Å². The zero-order chi connectivity index (χ0) is 51.5. The van der Waals surface area contributed by atoms with Gasteiger partial charge in [0.15, 0.2) is 5.13 Å². The number of piperazine rings is 1. The van der Waals surface area contributed by atoms with E-state index in [0.717, 1.165) is 65.2 Å². The Morgan fingerprint density at radius 2 is 1.60 bits per heavy atom. The fourth-order valence-electron chi connectivity index (χ4n) is 8.92. The van der Waals surface area contributed by atoms with Crippen LogP contribution in [0, 0.1) is 26.2 Å². The number of aliphatic hydroxyl groups excluding tert-OH is 1. The van der Waals surface area contributed by atoms with Crippen LogP contribution in [-0.4, -0.2) is 115 Å². The highest BCUT2D eigenvalue weighted by Gasteiger charge is 2.44. The molecule has 3 aromatic heterocycles. The molecule has 7 rings (SSSR count). The molecule has 2 aromatic carbocycles. The SMILES string of the molecule is Cc1nc(Nc2ncc(C(=O)Nc3c(C)cccc3Cl)s2)cc(N2CCN(C(=O)CCCCCCCCC(=O)NC(C(=O)N3CC(O)CC3C(=O)NCc3ccc(-c4scnc4C)cc3)C(C)(C)C)CC2)n1. The lowest BCUT2D eigenvalue weighted by Crippen LogP contribution is -2.57. The van der Waals surface area contributed by atoms with Gasteiger partial charge in [-0.1, -0.05) is 106 Å². The Hall–Kier alpha value is -6.02. The molecule has 0 saturated carbocycles. The number of benzene rings is 2. The van der Waals surface area contributed by atoms with Crippen molar-refractivity contribution in [3.8, 4) is 10.4 Å². The van der Waals surface area contributed by atoms with Gasteiger partial charge in [-0.2, -0.15) is 0 Å². The number of rotatable bonds is 20. The Morgan fingerprint density at radius 3 is 2.28 bits per heavy atom. The van der Waals surface area contributed by atoms with Crippen LogP contribution in [0.15, 0.2) is 60.2 Å². The minimum absolute atomic E-state index is 0.0168. The van der Waals surface area contributed by atoms with Gasteiger partial charge in [0.25, 0.3) is 5.91 Å². The molecule has 5 N–H and O–H groups in total. The highest BCUT2D eigenvalue weighted by Crippen LogP contribution is 2.31. The largest absolute Gasteiger partial charge is 0.391 e. The number of aromatic nitrogens is 4. The van der Waals surface area contributed by atoms with Crippen LogP contribution < -0.4 is 26.2 Å². The van der Waals surface area contributed by atoms with Crippen molar-refractivity contribution in [3.63, 3.8) is 0 Å². The van der Waals surface area contributed by atoms with E-state index >= 15 is 0 Å². The van der Waals surface area contributed by atoms with Crippen LogP contribution in [0.1, 0.15) is 111 Å². The maximum absolute atomic E-state index is 14.0. The Kier molecular flexibility index (Phi) is 18.4. The number of nitrogens with zero attached hydrogens (tertiary/aromatic N) is 7. The molecule has 3 atom stereocenters. The standard InChI is InChI=1S/C52H66ClN11O6S2/c1-32-14-13-15-38(53)45(32)61-49(69)40-29-55-51(72-40)59-41-27-42(58-34(3)57-41)62-22-24-63(25-23-62)44(67)17-12-10-8-7-9-11-16-43(66)60-47(52(4,5)6)50(70)64-30-37(65)26-39(64)48(68)54-28-35-18-20-36(21-19-35)46-33(2)56-31-71-46/h13-15,18-21,27,29,31,37,39,47,65H,7-12,16-17,22-26,28,30H2,1-6H3,(H,54,68)(H,60,66)(H,61,69)(H,55,57,58,59). The molecule has 0 aliphatic carbocycles. The second-order valence-corrected chi connectivity index (χ2v) is 21.9. The predicted octanol–water partition coefficient (Wildman–Crippen LogP) is 8.21. The Morgan fingerprint density at radius 1 is 0.889 bits per heavy atom. The van der Waals surface area contributed by atoms with E-state index in [1.807, 2.05) is 94.4 Å². The first-order chi connectivity index (χ1) is 34.4. The van der Waals surface area contributed by atoms with Crippen LogP contribution >= 0.6 is 34.3 Å². The number of carbonyl (C=O) groups excluding carboxylic acids is 5. The number of para-hydroxylation sites is 1. The van der Waals surface area contributed by atoms with Gasteiger partial charge in [0.2, 0.25) is 23.6 Å². The molecule has 384 valence electrons. The third kappa shape index (κ3) is 14.4. The van der Waals surface area contributed by atoms with Gasteiger partial charge in [-0.15, -0.1) is 11.3 Å². The fourth-order valence-corrected chi connectivity index (χ4v) is 10.7. The van der Waals surface area contributed by atoms with E-state index in [0.29, 0.717) is 71.4 Å². The molecule has 5 aromatic rings. The molecule has 2 aliphatic heterocycles. The number of aryl methyl sites for hydroxylation is 3. The zero-order valence-corrected chi connectivity index (χ0v) is 44.3. The Bertz CT molecular complexity index is 2680. The maximum atomic E-state index is 14.0. The Labute approximate surface area is 434 Å². The van der Waals surface area contributed by atoms with E-state index in [4.69, 9.17) is 11.6 Å². The summed E-state index contributed by atoms with van der Waals surface area (Å²) in [6.45, 7) is 14.0. The van der Waals surface area contributed by atoms with Gasteiger partial charge in [-0.05, 0) is 61.8 Å². The van der Waals surface area contributed by atoms with Gasteiger partial charge in [0, 0.05) is 64.6 Å². The van der Waals surface area contributed by atoms with Crippen LogP contribution in [-0.2, 0) is 25.7 Å². The number of aliphatic hydroxyl groups is 1. The summed E-state index contributed by atoms with van der Waals surface area (Å²) in [5, 5.41) is 23.6. The van der Waals surface area contributed by atoms with Crippen molar-refractivity contribution in [2.24, 2.45) is 5.41 Å². The molecular weight excluding hydrogens is 974 g/mol. The molecule has 5 heterocycles. The van der Waals surface area contributed by atoms with E-state index in [1.165, 1.54) is 22.4 Å². The summed E-state index contributed by atoms with van der Waals surface area (Å²) < 4.78 is 0. The Balaban J connectivity index is 0.775. The summed E-state index contributed by atoms with van der Waals surface area (Å²) in [6.07, 6.45) is 6.63. The minimum atomic E-state index is -0.876. The van der Waals surface area contributed by atoms with Crippen LogP contribution in [0.2, 0.25) is 5.02 Å². The molecule has 0 radical (unpaired) electrons. The number of hydrogen-bond donors (Lipinski definition) is 5. The number of hydrogen-bond acceptors (Lipinski definition) is 14. The number of unbranched alkanes of at least 4 members (excludes halogenated alkanes) is 5. The molecule has 72 heavy (non-hydrogen) atoms. The molecule has 0 spiro atoms. The normalized spacial score (nSPS) is 16.4. The van der Waals surface area contributed by atoms with Gasteiger partial charge in [-0.3, -0.25) is 24.0 Å². The lowest BCUT2D eigenvalue weighted by molar-refractivity contribution is -0.144. The number of thiazole rings is 2. The van der Waals surface area contributed by atoms with Crippen molar-refractivity contribution in [1.82, 2.24) is 40.4 Å². The molecule has 20 heteroatoms. The number of likely N-dealkylation sites (tertiary alicyclic amines) is 1. The number of β-amino-alcohol motifs (C(OH)–C–C–N with tert-alkyl or cyclic N) is 1. The first-order valence-electron chi connectivity index (χ1n) is 24.7. The van der Waals surface area contributed by atoms with Crippen LogP contribution in [0.5, 0.6) is 0 Å². The summed E-state index contributed by atoms with van der Waals surface area (Å²) in [7, 11) is 0. The van der Waals surface area contributed by atoms with E-state index in [1.54, 1.807) is 17.4 Å². The predicted molar refractivity (Wildman–Crippen MR) is 284 cm³/mol. The van der Waals surface area contributed by atoms with Crippen molar-refractivity contribution >= 4 is 86.3 Å².